The molecule has 132 valence electrons. The van der Waals surface area contributed by atoms with Gasteiger partial charge in [-0.3, -0.25) is 0 Å². The molecule has 2 N–H and O–H groups in total. The third-order valence-electron chi connectivity index (χ3n) is 4.77. The van der Waals surface area contributed by atoms with Crippen LogP contribution in [0.1, 0.15) is 28.3 Å². The first-order valence-corrected chi connectivity index (χ1v) is 9.19. The third kappa shape index (κ3) is 3.96. The van der Waals surface area contributed by atoms with Crippen LogP contribution in [-0.4, -0.2) is 13.1 Å². The second kappa shape index (κ2) is 8.17. The van der Waals surface area contributed by atoms with Crippen molar-refractivity contribution in [3.63, 3.8) is 0 Å². The minimum atomic E-state index is 0.219. The summed E-state index contributed by atoms with van der Waals surface area (Å²) >= 11 is 0. The fourth-order valence-corrected chi connectivity index (χ4v) is 3.43. The van der Waals surface area contributed by atoms with Gasteiger partial charge in [0.05, 0.1) is 6.04 Å². The molecule has 0 aliphatic carbocycles. The Balaban J connectivity index is 1.59. The van der Waals surface area contributed by atoms with E-state index >= 15 is 0 Å². The number of nitrogens with one attached hydrogen (secondary N) is 2. The van der Waals surface area contributed by atoms with Crippen LogP contribution < -0.4 is 15.4 Å². The zero-order valence-electron chi connectivity index (χ0n) is 14.8. The maximum absolute atomic E-state index is 6.02. The molecule has 1 atom stereocenters. The molecule has 1 aliphatic heterocycles. The zero-order chi connectivity index (χ0) is 17.6. The van der Waals surface area contributed by atoms with Gasteiger partial charge >= 0.3 is 0 Å². The fraction of sp³-hybridized carbons (Fsp3) is 0.217. The van der Waals surface area contributed by atoms with E-state index in [-0.39, 0.29) is 6.04 Å². The Morgan fingerprint density at radius 2 is 1.62 bits per heavy atom. The van der Waals surface area contributed by atoms with Gasteiger partial charge in [-0.2, -0.15) is 0 Å². The molecule has 0 saturated carbocycles. The monoisotopic (exact) mass is 344 g/mol. The normalized spacial score (nSPS) is 17.0. The van der Waals surface area contributed by atoms with E-state index in [4.69, 9.17) is 4.74 Å². The molecule has 4 rings (SSSR count). The maximum atomic E-state index is 6.02. The fourth-order valence-electron chi connectivity index (χ4n) is 3.43. The van der Waals surface area contributed by atoms with Crippen LogP contribution in [0.4, 0.5) is 0 Å². The second-order valence-corrected chi connectivity index (χ2v) is 6.61. The molecule has 1 unspecified atom stereocenters. The molecule has 3 aromatic rings. The molecule has 3 nitrogen and oxygen atoms in total. The molecule has 0 aromatic heterocycles. The highest BCUT2D eigenvalue weighted by Gasteiger charge is 2.19. The van der Waals surface area contributed by atoms with Crippen LogP contribution in [0, 0.1) is 0 Å². The molecule has 26 heavy (non-hydrogen) atoms. The van der Waals surface area contributed by atoms with E-state index in [0.29, 0.717) is 6.61 Å². The first-order chi connectivity index (χ1) is 12.9. The SMILES string of the molecule is c1ccc(COc2ccc3c(c2)CNCCNC3c2ccccc2)cc1. The molecule has 0 fully saturated rings. The Morgan fingerprint density at radius 1 is 0.846 bits per heavy atom. The van der Waals surface area contributed by atoms with E-state index in [9.17, 15) is 0 Å². The van der Waals surface area contributed by atoms with E-state index in [0.717, 1.165) is 25.4 Å². The highest BCUT2D eigenvalue weighted by atomic mass is 16.5. The van der Waals surface area contributed by atoms with Crippen molar-refractivity contribution in [1.29, 1.82) is 0 Å². The van der Waals surface area contributed by atoms with Gasteiger partial charge in [-0.05, 0) is 34.4 Å². The Labute approximate surface area is 155 Å². The number of benzene rings is 3. The van der Waals surface area contributed by atoms with E-state index in [1.807, 2.05) is 18.2 Å². The van der Waals surface area contributed by atoms with E-state index < -0.39 is 0 Å². The highest BCUT2D eigenvalue weighted by Crippen LogP contribution is 2.29. The Morgan fingerprint density at radius 3 is 2.42 bits per heavy atom. The Kier molecular flexibility index (Phi) is 5.29. The molecule has 1 heterocycles. The smallest absolute Gasteiger partial charge is 0.120 e. The summed E-state index contributed by atoms with van der Waals surface area (Å²) < 4.78 is 6.02. The molecule has 3 heteroatoms. The quantitative estimate of drug-likeness (QED) is 0.749. The predicted molar refractivity (Wildman–Crippen MR) is 105 cm³/mol. The van der Waals surface area contributed by atoms with Gasteiger partial charge in [0.15, 0.2) is 0 Å². The molecule has 1 aliphatic rings. The van der Waals surface area contributed by atoms with E-state index in [1.54, 1.807) is 0 Å². The molecule has 0 saturated heterocycles. The summed E-state index contributed by atoms with van der Waals surface area (Å²) in [4.78, 5) is 0. The van der Waals surface area contributed by atoms with Gasteiger partial charge in [-0.1, -0.05) is 66.7 Å². The van der Waals surface area contributed by atoms with Crippen molar-refractivity contribution in [2.24, 2.45) is 0 Å². The molecular weight excluding hydrogens is 320 g/mol. The largest absolute Gasteiger partial charge is 0.489 e. The third-order valence-corrected chi connectivity index (χ3v) is 4.77. The van der Waals surface area contributed by atoms with Gasteiger partial charge in [0, 0.05) is 19.6 Å². The summed E-state index contributed by atoms with van der Waals surface area (Å²) in [5.41, 5.74) is 5.09. The van der Waals surface area contributed by atoms with Crippen molar-refractivity contribution in [2.75, 3.05) is 13.1 Å². The van der Waals surface area contributed by atoms with Gasteiger partial charge < -0.3 is 15.4 Å². The van der Waals surface area contributed by atoms with Crippen LogP contribution in [0.3, 0.4) is 0 Å². The molecule has 0 amide bonds. The molecular formula is C23H24N2O. The first kappa shape index (κ1) is 16.8. The van der Waals surface area contributed by atoms with Crippen molar-refractivity contribution >= 4 is 0 Å². The van der Waals surface area contributed by atoms with Crippen LogP contribution in [0.5, 0.6) is 5.75 Å². The summed E-state index contributed by atoms with van der Waals surface area (Å²) in [5.74, 6) is 0.918. The van der Waals surface area contributed by atoms with Crippen LogP contribution >= 0.6 is 0 Å². The van der Waals surface area contributed by atoms with Gasteiger partial charge in [-0.25, -0.2) is 0 Å². The van der Waals surface area contributed by atoms with Crippen molar-refractivity contribution < 1.29 is 4.74 Å². The van der Waals surface area contributed by atoms with Gasteiger partial charge in [-0.15, -0.1) is 0 Å². The lowest BCUT2D eigenvalue weighted by Gasteiger charge is -2.26. The van der Waals surface area contributed by atoms with Crippen molar-refractivity contribution in [1.82, 2.24) is 10.6 Å². The maximum Gasteiger partial charge on any atom is 0.120 e. The van der Waals surface area contributed by atoms with Gasteiger partial charge in [0.1, 0.15) is 12.4 Å². The molecule has 3 aromatic carbocycles. The van der Waals surface area contributed by atoms with Gasteiger partial charge in [0.25, 0.3) is 0 Å². The van der Waals surface area contributed by atoms with Crippen LogP contribution in [0.2, 0.25) is 0 Å². The van der Waals surface area contributed by atoms with Crippen LogP contribution in [0.15, 0.2) is 78.9 Å². The van der Waals surface area contributed by atoms with Crippen molar-refractivity contribution in [2.45, 2.75) is 19.2 Å². The topological polar surface area (TPSA) is 33.3 Å². The standard InChI is InChI=1S/C23H24N2O/c1-3-7-18(8-4-1)17-26-21-11-12-22-20(15-21)16-24-13-14-25-23(22)19-9-5-2-6-10-19/h1-12,15,23-25H,13-14,16-17H2. The van der Waals surface area contributed by atoms with Crippen molar-refractivity contribution in [3.05, 3.63) is 101 Å². The number of hydrogen-bond acceptors (Lipinski definition) is 3. The Bertz CT molecular complexity index is 833. The summed E-state index contributed by atoms with van der Waals surface area (Å²) in [6, 6.07) is 27.6. The highest BCUT2D eigenvalue weighted by molar-refractivity contribution is 5.42. The average Bonchev–Trinajstić information content (AvgIpc) is 2.69. The first-order valence-electron chi connectivity index (χ1n) is 9.19. The molecule has 0 bridgehead atoms. The number of rotatable bonds is 4. The van der Waals surface area contributed by atoms with Crippen LogP contribution in [-0.2, 0) is 13.2 Å². The lowest BCUT2D eigenvalue weighted by Crippen LogP contribution is -2.34. The lowest BCUT2D eigenvalue weighted by molar-refractivity contribution is 0.305. The van der Waals surface area contributed by atoms with E-state index in [2.05, 4.69) is 71.3 Å². The minimum absolute atomic E-state index is 0.219. The molecule has 0 radical (unpaired) electrons. The predicted octanol–water partition coefficient (Wildman–Crippen LogP) is 4.05. The number of fused-ring (bicyclic) bond motifs is 1. The number of ether oxygens (including phenoxy) is 1. The second-order valence-electron chi connectivity index (χ2n) is 6.61. The van der Waals surface area contributed by atoms with Crippen molar-refractivity contribution in [3.8, 4) is 5.75 Å². The van der Waals surface area contributed by atoms with Crippen LogP contribution in [0.25, 0.3) is 0 Å². The summed E-state index contributed by atoms with van der Waals surface area (Å²) in [6.45, 7) is 3.36. The van der Waals surface area contributed by atoms with Gasteiger partial charge in [0.2, 0.25) is 0 Å². The summed E-state index contributed by atoms with van der Waals surface area (Å²) in [5, 5.41) is 7.17. The van der Waals surface area contributed by atoms with E-state index in [1.165, 1.54) is 22.3 Å². The summed E-state index contributed by atoms with van der Waals surface area (Å²) in [6.07, 6.45) is 0. The zero-order valence-corrected chi connectivity index (χ0v) is 14.8. The number of hydrogen-bond donors (Lipinski definition) is 2. The summed E-state index contributed by atoms with van der Waals surface area (Å²) in [7, 11) is 0. The lowest BCUT2D eigenvalue weighted by atomic mass is 9.93. The Hall–Kier alpha value is -2.62. The molecule has 0 spiro atoms. The average molecular weight is 344 g/mol. The minimum Gasteiger partial charge on any atom is -0.489 e.